The number of benzene rings is 1. The molecule has 1 aliphatic rings. The van der Waals surface area contributed by atoms with Crippen molar-refractivity contribution in [3.05, 3.63) is 23.3 Å². The van der Waals surface area contributed by atoms with Crippen molar-refractivity contribution < 1.29 is 9.84 Å². The highest BCUT2D eigenvalue weighted by atomic mass is 16.5. The van der Waals surface area contributed by atoms with Crippen LogP contribution in [0.3, 0.4) is 0 Å². The van der Waals surface area contributed by atoms with Gasteiger partial charge in [-0.25, -0.2) is 0 Å². The van der Waals surface area contributed by atoms with Gasteiger partial charge in [-0.05, 0) is 18.6 Å². The first-order valence-electron chi connectivity index (χ1n) is 3.91. The predicted octanol–water partition coefficient (Wildman–Crippen LogP) is 1.09. The molecule has 64 valence electrons. The number of aromatic hydroxyl groups is 1. The van der Waals surface area contributed by atoms with Crippen LogP contribution in [0.2, 0.25) is 0 Å². The second kappa shape index (κ2) is 2.38. The minimum atomic E-state index is -0.181. The van der Waals surface area contributed by atoms with Crippen molar-refractivity contribution in [2.24, 2.45) is 5.73 Å². The highest BCUT2D eigenvalue weighted by Gasteiger charge is 2.25. The maximum absolute atomic E-state index is 9.47. The van der Waals surface area contributed by atoms with Crippen LogP contribution < -0.4 is 10.5 Å². The van der Waals surface area contributed by atoms with Crippen molar-refractivity contribution in [2.75, 3.05) is 6.61 Å². The van der Waals surface area contributed by atoms with Crippen molar-refractivity contribution in [3.63, 3.8) is 0 Å². The summed E-state index contributed by atoms with van der Waals surface area (Å²) in [5.74, 6) is 0.989. The molecule has 2 rings (SSSR count). The van der Waals surface area contributed by atoms with Crippen molar-refractivity contribution in [2.45, 2.75) is 13.0 Å². The summed E-state index contributed by atoms with van der Waals surface area (Å²) in [7, 11) is 0. The molecule has 0 spiro atoms. The molecule has 0 saturated carbocycles. The molecule has 0 aliphatic carbocycles. The van der Waals surface area contributed by atoms with Gasteiger partial charge in [-0.15, -0.1) is 0 Å². The van der Waals surface area contributed by atoms with Crippen molar-refractivity contribution in [3.8, 4) is 11.5 Å². The Morgan fingerprint density at radius 3 is 3.00 bits per heavy atom. The fourth-order valence-electron chi connectivity index (χ4n) is 1.50. The van der Waals surface area contributed by atoms with Crippen molar-refractivity contribution in [1.29, 1.82) is 0 Å². The van der Waals surface area contributed by atoms with E-state index in [1.54, 1.807) is 6.07 Å². The smallest absolute Gasteiger partial charge is 0.130 e. The molecule has 0 saturated heterocycles. The van der Waals surface area contributed by atoms with E-state index in [4.69, 9.17) is 10.5 Å². The number of phenolic OH excluding ortho intramolecular Hbond substituents is 1. The summed E-state index contributed by atoms with van der Waals surface area (Å²) in [4.78, 5) is 0. The maximum atomic E-state index is 9.47. The summed E-state index contributed by atoms with van der Waals surface area (Å²) in [5, 5.41) is 9.47. The molecular weight excluding hydrogens is 154 g/mol. The molecule has 1 aromatic carbocycles. The Labute approximate surface area is 70.8 Å². The summed E-state index contributed by atoms with van der Waals surface area (Å²) in [6.45, 7) is 2.41. The molecule has 0 fully saturated rings. The van der Waals surface area contributed by atoms with Gasteiger partial charge in [-0.3, -0.25) is 0 Å². The predicted molar refractivity (Wildman–Crippen MR) is 45.3 cm³/mol. The third kappa shape index (κ3) is 0.865. The number of fused-ring (bicyclic) bond motifs is 1. The number of nitrogens with two attached hydrogens (primary N) is 1. The molecule has 0 amide bonds. The minimum absolute atomic E-state index is 0.181. The maximum Gasteiger partial charge on any atom is 0.130 e. The van der Waals surface area contributed by atoms with Gasteiger partial charge in [-0.2, -0.15) is 0 Å². The van der Waals surface area contributed by atoms with E-state index in [9.17, 15) is 5.11 Å². The van der Waals surface area contributed by atoms with Crippen LogP contribution in [0.15, 0.2) is 12.1 Å². The standard InChI is InChI=1S/C9H11NO2/c1-5-2-3-7(11)8-6(10)4-12-9(5)8/h2-3,6,11H,4,10H2,1H3. The Hall–Kier alpha value is -1.22. The average molecular weight is 165 g/mol. The van der Waals surface area contributed by atoms with Crippen molar-refractivity contribution >= 4 is 0 Å². The summed E-state index contributed by atoms with van der Waals surface area (Å²) < 4.78 is 5.34. The first-order chi connectivity index (χ1) is 5.70. The van der Waals surface area contributed by atoms with Gasteiger partial charge >= 0.3 is 0 Å². The Bertz CT molecular complexity index is 323. The van der Waals surface area contributed by atoms with E-state index >= 15 is 0 Å². The van der Waals surface area contributed by atoms with Gasteiger partial charge < -0.3 is 15.6 Å². The SMILES string of the molecule is Cc1ccc(O)c2c1OCC2N. The lowest BCUT2D eigenvalue weighted by Crippen LogP contribution is -2.10. The normalized spacial score (nSPS) is 20.3. The second-order valence-electron chi connectivity index (χ2n) is 3.06. The van der Waals surface area contributed by atoms with Crippen molar-refractivity contribution in [1.82, 2.24) is 0 Å². The van der Waals surface area contributed by atoms with Gasteiger partial charge in [0.2, 0.25) is 0 Å². The Kier molecular flexibility index (Phi) is 1.48. The van der Waals surface area contributed by atoms with E-state index in [1.807, 2.05) is 13.0 Å². The molecule has 1 atom stereocenters. The molecule has 3 nitrogen and oxygen atoms in total. The lowest BCUT2D eigenvalue weighted by molar-refractivity contribution is 0.331. The van der Waals surface area contributed by atoms with E-state index < -0.39 is 0 Å². The lowest BCUT2D eigenvalue weighted by atomic mass is 10.1. The monoisotopic (exact) mass is 165 g/mol. The Morgan fingerprint density at radius 1 is 1.58 bits per heavy atom. The van der Waals surface area contributed by atoms with Crippen LogP contribution in [0.1, 0.15) is 17.2 Å². The molecular formula is C9H11NO2. The zero-order valence-corrected chi connectivity index (χ0v) is 6.87. The first kappa shape index (κ1) is 7.43. The van der Waals surface area contributed by atoms with Crippen LogP contribution in [0.4, 0.5) is 0 Å². The average Bonchev–Trinajstić information content (AvgIpc) is 2.42. The minimum Gasteiger partial charge on any atom is -0.507 e. The van der Waals surface area contributed by atoms with Gasteiger partial charge in [0.1, 0.15) is 18.1 Å². The molecule has 1 aromatic rings. The fraction of sp³-hybridized carbons (Fsp3) is 0.333. The van der Waals surface area contributed by atoms with Crippen LogP contribution in [0.5, 0.6) is 11.5 Å². The largest absolute Gasteiger partial charge is 0.507 e. The van der Waals surface area contributed by atoms with Gasteiger partial charge in [0.15, 0.2) is 0 Å². The molecule has 0 radical (unpaired) electrons. The summed E-state index contributed by atoms with van der Waals surface area (Å²) >= 11 is 0. The number of hydrogen-bond acceptors (Lipinski definition) is 3. The van der Waals surface area contributed by atoms with Crippen LogP contribution in [0, 0.1) is 6.92 Å². The molecule has 0 bridgehead atoms. The van der Waals surface area contributed by atoms with E-state index in [0.717, 1.165) is 16.9 Å². The van der Waals surface area contributed by atoms with Crippen LogP contribution in [-0.2, 0) is 0 Å². The molecule has 1 unspecified atom stereocenters. The van der Waals surface area contributed by atoms with Gasteiger partial charge in [0, 0.05) is 0 Å². The fourth-order valence-corrected chi connectivity index (χ4v) is 1.50. The lowest BCUT2D eigenvalue weighted by Gasteiger charge is -2.05. The topological polar surface area (TPSA) is 55.5 Å². The first-order valence-corrected chi connectivity index (χ1v) is 3.91. The highest BCUT2D eigenvalue weighted by molar-refractivity contribution is 5.52. The van der Waals surface area contributed by atoms with Crippen LogP contribution in [-0.4, -0.2) is 11.7 Å². The number of ether oxygens (including phenoxy) is 1. The summed E-state index contributed by atoms with van der Waals surface area (Å²) in [6, 6.07) is 3.30. The highest BCUT2D eigenvalue weighted by Crippen LogP contribution is 2.39. The quantitative estimate of drug-likeness (QED) is 0.605. The van der Waals surface area contributed by atoms with E-state index in [2.05, 4.69) is 0 Å². The molecule has 1 aliphatic heterocycles. The van der Waals surface area contributed by atoms with Gasteiger partial charge in [0.05, 0.1) is 11.6 Å². The third-order valence-corrected chi connectivity index (χ3v) is 2.15. The number of phenols is 1. The molecule has 3 heteroatoms. The molecule has 0 aromatic heterocycles. The third-order valence-electron chi connectivity index (χ3n) is 2.15. The zero-order valence-electron chi connectivity index (χ0n) is 6.87. The van der Waals surface area contributed by atoms with Gasteiger partial charge in [0.25, 0.3) is 0 Å². The molecule has 1 heterocycles. The van der Waals surface area contributed by atoms with E-state index in [-0.39, 0.29) is 11.8 Å². The second-order valence-corrected chi connectivity index (χ2v) is 3.06. The zero-order chi connectivity index (χ0) is 8.72. The van der Waals surface area contributed by atoms with E-state index in [1.165, 1.54) is 0 Å². The number of hydrogen-bond donors (Lipinski definition) is 2. The number of aryl methyl sites for hydroxylation is 1. The number of rotatable bonds is 0. The molecule has 3 N–H and O–H groups in total. The summed E-state index contributed by atoms with van der Waals surface area (Å²) in [6.07, 6.45) is 0. The van der Waals surface area contributed by atoms with Gasteiger partial charge in [-0.1, -0.05) is 6.07 Å². The Morgan fingerprint density at radius 2 is 2.33 bits per heavy atom. The van der Waals surface area contributed by atoms with Crippen LogP contribution >= 0.6 is 0 Å². The summed E-state index contributed by atoms with van der Waals surface area (Å²) in [5.41, 5.74) is 7.50. The van der Waals surface area contributed by atoms with Crippen LogP contribution in [0.25, 0.3) is 0 Å². The Balaban J connectivity index is 2.64. The van der Waals surface area contributed by atoms with E-state index in [0.29, 0.717) is 6.61 Å². The molecule has 12 heavy (non-hydrogen) atoms.